The van der Waals surface area contributed by atoms with Crippen molar-refractivity contribution >= 4 is 17.5 Å². The number of aryl methyl sites for hydroxylation is 1. The fraction of sp³-hybridized carbons (Fsp3) is 0.500. The number of methoxy groups -OCH3 is 1. The van der Waals surface area contributed by atoms with Crippen LogP contribution in [-0.4, -0.2) is 45.1 Å². The minimum Gasteiger partial charge on any atom is -0.496 e. The molecule has 0 spiro atoms. The number of likely N-dealkylation sites (N-methyl/N-ethyl adjacent to an activating group) is 1. The SMILES string of the molecule is COc1cc(C)c(Cl)cc1CC(=O)NCCN(C)C. The van der Waals surface area contributed by atoms with Crippen LogP contribution in [0.4, 0.5) is 0 Å². The Hall–Kier alpha value is -1.26. The van der Waals surface area contributed by atoms with Crippen molar-refractivity contribution in [2.24, 2.45) is 0 Å². The summed E-state index contributed by atoms with van der Waals surface area (Å²) in [5, 5.41) is 3.52. The number of amides is 1. The molecule has 19 heavy (non-hydrogen) atoms. The highest BCUT2D eigenvalue weighted by molar-refractivity contribution is 6.31. The average Bonchev–Trinajstić information content (AvgIpc) is 2.33. The fourth-order valence-corrected chi connectivity index (χ4v) is 1.87. The van der Waals surface area contributed by atoms with Crippen LogP contribution < -0.4 is 10.1 Å². The van der Waals surface area contributed by atoms with Crippen LogP contribution in [0.1, 0.15) is 11.1 Å². The van der Waals surface area contributed by atoms with Crippen molar-refractivity contribution in [3.05, 3.63) is 28.3 Å². The van der Waals surface area contributed by atoms with E-state index in [9.17, 15) is 4.79 Å². The summed E-state index contributed by atoms with van der Waals surface area (Å²) in [6.07, 6.45) is 0.274. The number of halogens is 1. The number of hydrogen-bond acceptors (Lipinski definition) is 3. The Morgan fingerprint density at radius 2 is 2.11 bits per heavy atom. The lowest BCUT2D eigenvalue weighted by Crippen LogP contribution is -2.32. The summed E-state index contributed by atoms with van der Waals surface area (Å²) < 4.78 is 5.28. The van der Waals surface area contributed by atoms with Gasteiger partial charge >= 0.3 is 0 Å². The number of ether oxygens (including phenoxy) is 1. The smallest absolute Gasteiger partial charge is 0.224 e. The maximum Gasteiger partial charge on any atom is 0.224 e. The zero-order valence-electron chi connectivity index (χ0n) is 11.9. The van der Waals surface area contributed by atoms with Crippen molar-refractivity contribution in [2.45, 2.75) is 13.3 Å². The van der Waals surface area contributed by atoms with Crippen molar-refractivity contribution in [3.63, 3.8) is 0 Å². The molecule has 1 aromatic carbocycles. The minimum absolute atomic E-state index is 0.0277. The Labute approximate surface area is 119 Å². The van der Waals surface area contributed by atoms with E-state index >= 15 is 0 Å². The van der Waals surface area contributed by atoms with Gasteiger partial charge in [0.25, 0.3) is 0 Å². The number of carbonyl (C=O) groups is 1. The molecule has 0 saturated carbocycles. The first kappa shape index (κ1) is 15.8. The molecule has 0 radical (unpaired) electrons. The molecule has 0 heterocycles. The third kappa shape index (κ3) is 5.09. The van der Waals surface area contributed by atoms with Crippen LogP contribution in [0.5, 0.6) is 5.75 Å². The Morgan fingerprint density at radius 3 is 2.68 bits per heavy atom. The summed E-state index contributed by atoms with van der Waals surface area (Å²) >= 11 is 6.08. The summed E-state index contributed by atoms with van der Waals surface area (Å²) in [5.74, 6) is 0.671. The lowest BCUT2D eigenvalue weighted by atomic mass is 10.1. The third-order valence-electron chi connectivity index (χ3n) is 2.79. The van der Waals surface area contributed by atoms with E-state index in [1.807, 2.05) is 32.0 Å². The van der Waals surface area contributed by atoms with E-state index < -0.39 is 0 Å². The van der Waals surface area contributed by atoms with Crippen LogP contribution in [-0.2, 0) is 11.2 Å². The number of hydrogen-bond donors (Lipinski definition) is 1. The van der Waals surface area contributed by atoms with E-state index in [-0.39, 0.29) is 12.3 Å². The fourth-order valence-electron chi connectivity index (χ4n) is 1.68. The molecule has 1 amide bonds. The zero-order valence-corrected chi connectivity index (χ0v) is 12.7. The third-order valence-corrected chi connectivity index (χ3v) is 3.20. The maximum atomic E-state index is 11.8. The predicted molar refractivity (Wildman–Crippen MR) is 78.0 cm³/mol. The molecule has 5 heteroatoms. The normalized spacial score (nSPS) is 10.6. The molecule has 1 aromatic rings. The number of benzene rings is 1. The first-order valence-electron chi connectivity index (χ1n) is 6.18. The Kier molecular flexibility index (Phi) is 6.12. The topological polar surface area (TPSA) is 41.6 Å². The van der Waals surface area contributed by atoms with Crippen molar-refractivity contribution in [1.82, 2.24) is 10.2 Å². The second-order valence-electron chi connectivity index (χ2n) is 4.74. The molecule has 0 fully saturated rings. The van der Waals surface area contributed by atoms with Gasteiger partial charge in [-0.2, -0.15) is 0 Å². The zero-order chi connectivity index (χ0) is 14.4. The maximum absolute atomic E-state index is 11.8. The molecule has 0 aliphatic heterocycles. The number of carbonyl (C=O) groups excluding carboxylic acids is 1. The molecule has 1 N–H and O–H groups in total. The quantitative estimate of drug-likeness (QED) is 0.867. The van der Waals surface area contributed by atoms with Gasteiger partial charge in [-0.1, -0.05) is 11.6 Å². The highest BCUT2D eigenvalue weighted by Crippen LogP contribution is 2.26. The van der Waals surface area contributed by atoms with Gasteiger partial charge in [-0.05, 0) is 38.7 Å². The molecular weight excluding hydrogens is 264 g/mol. The van der Waals surface area contributed by atoms with Gasteiger partial charge < -0.3 is 15.0 Å². The minimum atomic E-state index is -0.0277. The molecule has 0 aromatic heterocycles. The van der Waals surface area contributed by atoms with Crippen LogP contribution in [0.25, 0.3) is 0 Å². The summed E-state index contributed by atoms with van der Waals surface area (Å²) in [6.45, 7) is 3.36. The highest BCUT2D eigenvalue weighted by atomic mass is 35.5. The predicted octanol–water partition coefficient (Wildman–Crippen LogP) is 1.88. The average molecular weight is 285 g/mol. The molecular formula is C14H21ClN2O2. The summed E-state index contributed by atoms with van der Waals surface area (Å²) in [7, 11) is 5.53. The first-order valence-corrected chi connectivity index (χ1v) is 6.56. The molecule has 0 unspecified atom stereocenters. The lowest BCUT2D eigenvalue weighted by molar-refractivity contribution is -0.120. The molecule has 4 nitrogen and oxygen atoms in total. The van der Waals surface area contributed by atoms with Crippen molar-refractivity contribution < 1.29 is 9.53 Å². The van der Waals surface area contributed by atoms with E-state index in [1.54, 1.807) is 13.2 Å². The van der Waals surface area contributed by atoms with E-state index in [2.05, 4.69) is 5.32 Å². The first-order chi connectivity index (χ1) is 8.93. The number of nitrogens with one attached hydrogen (secondary N) is 1. The molecule has 106 valence electrons. The largest absolute Gasteiger partial charge is 0.496 e. The van der Waals surface area contributed by atoms with Crippen molar-refractivity contribution in [2.75, 3.05) is 34.3 Å². The summed E-state index contributed by atoms with van der Waals surface area (Å²) in [5.41, 5.74) is 1.75. The van der Waals surface area contributed by atoms with Crippen molar-refractivity contribution in [3.8, 4) is 5.75 Å². The lowest BCUT2D eigenvalue weighted by Gasteiger charge is -2.13. The van der Waals surface area contributed by atoms with Crippen molar-refractivity contribution in [1.29, 1.82) is 0 Å². The molecule has 0 aliphatic carbocycles. The van der Waals surface area contributed by atoms with Crippen LogP contribution in [0.15, 0.2) is 12.1 Å². The monoisotopic (exact) mass is 284 g/mol. The standard InChI is InChI=1S/C14H21ClN2O2/c1-10-7-13(19-4)11(8-12(10)15)9-14(18)16-5-6-17(2)3/h7-8H,5-6,9H2,1-4H3,(H,16,18). The molecule has 1 rings (SSSR count). The van der Waals surface area contributed by atoms with Gasteiger partial charge in [-0.15, -0.1) is 0 Å². The molecule has 0 aliphatic rings. The highest BCUT2D eigenvalue weighted by Gasteiger charge is 2.11. The summed E-state index contributed by atoms with van der Waals surface area (Å²) in [6, 6.07) is 3.64. The van der Waals surface area contributed by atoms with Crippen LogP contribution in [0, 0.1) is 6.92 Å². The van der Waals surface area contributed by atoms with Gasteiger partial charge in [0.1, 0.15) is 5.75 Å². The number of rotatable bonds is 6. The number of nitrogens with zero attached hydrogens (tertiary/aromatic N) is 1. The summed E-state index contributed by atoms with van der Waals surface area (Å²) in [4.78, 5) is 13.8. The van der Waals surface area contributed by atoms with E-state index in [4.69, 9.17) is 16.3 Å². The van der Waals surface area contributed by atoms with E-state index in [0.29, 0.717) is 17.3 Å². The van der Waals surface area contributed by atoms with Crippen LogP contribution in [0.3, 0.4) is 0 Å². The van der Waals surface area contributed by atoms with Gasteiger partial charge in [0.15, 0.2) is 0 Å². The van der Waals surface area contributed by atoms with Crippen LogP contribution >= 0.6 is 11.6 Å². The van der Waals surface area contributed by atoms with Gasteiger partial charge in [0, 0.05) is 23.7 Å². The van der Waals surface area contributed by atoms with Gasteiger partial charge in [-0.25, -0.2) is 0 Å². The Morgan fingerprint density at radius 1 is 1.42 bits per heavy atom. The molecule has 0 saturated heterocycles. The van der Waals surface area contributed by atoms with Gasteiger partial charge in [0.2, 0.25) is 5.91 Å². The second-order valence-corrected chi connectivity index (χ2v) is 5.15. The van der Waals surface area contributed by atoms with E-state index in [0.717, 1.165) is 17.7 Å². The second kappa shape index (κ2) is 7.36. The van der Waals surface area contributed by atoms with E-state index in [1.165, 1.54) is 0 Å². The molecule has 0 atom stereocenters. The Bertz CT molecular complexity index is 447. The van der Waals surface area contributed by atoms with Gasteiger partial charge in [0.05, 0.1) is 13.5 Å². The molecule has 0 bridgehead atoms. The van der Waals surface area contributed by atoms with Crippen LogP contribution in [0.2, 0.25) is 5.02 Å². The van der Waals surface area contributed by atoms with Gasteiger partial charge in [-0.3, -0.25) is 4.79 Å². The Balaban J connectivity index is 2.65.